The molecule has 25 heavy (non-hydrogen) atoms. The van der Waals surface area contributed by atoms with Crippen molar-refractivity contribution in [2.75, 3.05) is 0 Å². The molecule has 3 aromatic rings. The number of aliphatic hydroxyl groups is 2. The van der Waals surface area contributed by atoms with Crippen LogP contribution in [0.5, 0.6) is 0 Å². The quantitative estimate of drug-likeness (QED) is 0.697. The lowest BCUT2D eigenvalue weighted by Crippen LogP contribution is -2.30. The predicted molar refractivity (Wildman–Crippen MR) is 92.5 cm³/mol. The second-order valence-corrected chi connectivity index (χ2v) is 6.09. The van der Waals surface area contributed by atoms with Crippen LogP contribution in [0.25, 0.3) is 22.2 Å². The molecule has 126 valence electrons. The molecule has 2 aromatic heterocycles. The monoisotopic (exact) mass is 335 g/mol. The van der Waals surface area contributed by atoms with Crippen molar-refractivity contribution in [1.29, 1.82) is 0 Å². The molecule has 1 saturated heterocycles. The molecule has 3 heterocycles. The van der Waals surface area contributed by atoms with E-state index >= 15 is 0 Å². The van der Waals surface area contributed by atoms with Gasteiger partial charge in [-0.05, 0) is 18.4 Å². The number of aromatic nitrogens is 3. The first-order chi connectivity index (χ1) is 12.1. The first-order valence-electron chi connectivity index (χ1n) is 8.01. The van der Waals surface area contributed by atoms with Gasteiger partial charge in [0.25, 0.3) is 0 Å². The van der Waals surface area contributed by atoms with Gasteiger partial charge in [0.1, 0.15) is 29.9 Å². The number of nitrogens with zero attached hydrogens (tertiary/aromatic N) is 3. The van der Waals surface area contributed by atoms with E-state index in [9.17, 15) is 10.2 Å². The highest BCUT2D eigenvalue weighted by Crippen LogP contribution is 2.37. The first-order valence-corrected chi connectivity index (χ1v) is 8.01. The number of hydrogen-bond donors (Lipinski definition) is 2. The van der Waals surface area contributed by atoms with Gasteiger partial charge in [0.15, 0.2) is 6.23 Å². The lowest BCUT2D eigenvalue weighted by Gasteiger charge is -2.17. The third-order valence-corrected chi connectivity index (χ3v) is 4.58. The number of aliphatic hydroxyl groups excluding tert-OH is 2. The van der Waals surface area contributed by atoms with E-state index in [0.29, 0.717) is 11.3 Å². The van der Waals surface area contributed by atoms with Gasteiger partial charge >= 0.3 is 0 Å². The lowest BCUT2D eigenvalue weighted by molar-refractivity contribution is -0.0296. The summed E-state index contributed by atoms with van der Waals surface area (Å²) in [5, 5.41) is 21.1. The molecule has 0 radical (unpaired) electrons. The van der Waals surface area contributed by atoms with Gasteiger partial charge in [0.2, 0.25) is 0 Å². The molecule has 0 spiro atoms. The van der Waals surface area contributed by atoms with Crippen LogP contribution in [-0.2, 0) is 4.74 Å². The minimum Gasteiger partial charge on any atom is -0.388 e. The van der Waals surface area contributed by atoms with E-state index in [1.807, 2.05) is 36.5 Å². The Morgan fingerprint density at radius 2 is 1.92 bits per heavy atom. The molecule has 1 aliphatic rings. The van der Waals surface area contributed by atoms with Crippen LogP contribution in [0.1, 0.15) is 18.8 Å². The van der Waals surface area contributed by atoms with Crippen molar-refractivity contribution >= 4 is 11.0 Å². The second kappa shape index (κ2) is 5.97. The second-order valence-electron chi connectivity index (χ2n) is 6.09. The Labute approximate surface area is 144 Å². The summed E-state index contributed by atoms with van der Waals surface area (Å²) < 4.78 is 7.47. The Hall–Kier alpha value is -2.72. The molecule has 2 N–H and O–H groups in total. The van der Waals surface area contributed by atoms with E-state index in [4.69, 9.17) is 11.2 Å². The summed E-state index contributed by atoms with van der Waals surface area (Å²) in [6.07, 6.45) is 5.62. The highest BCUT2D eigenvalue weighted by atomic mass is 16.6. The van der Waals surface area contributed by atoms with Gasteiger partial charge in [-0.2, -0.15) is 0 Å². The Bertz CT molecular complexity index is 961. The Morgan fingerprint density at radius 1 is 1.16 bits per heavy atom. The van der Waals surface area contributed by atoms with Crippen LogP contribution in [0.4, 0.5) is 0 Å². The summed E-state index contributed by atoms with van der Waals surface area (Å²) in [7, 11) is 0. The van der Waals surface area contributed by atoms with Gasteiger partial charge in [-0.25, -0.2) is 9.97 Å². The van der Waals surface area contributed by atoms with Gasteiger partial charge in [-0.15, -0.1) is 6.42 Å². The minimum absolute atomic E-state index is 0.476. The van der Waals surface area contributed by atoms with Gasteiger partial charge in [-0.3, -0.25) is 0 Å². The van der Waals surface area contributed by atoms with Crippen molar-refractivity contribution in [1.82, 2.24) is 14.5 Å². The molecule has 0 bridgehead atoms. The summed E-state index contributed by atoms with van der Waals surface area (Å²) in [6, 6.07) is 9.74. The molecule has 4 rings (SSSR count). The van der Waals surface area contributed by atoms with Crippen LogP contribution in [0.15, 0.2) is 42.9 Å². The molecule has 0 amide bonds. The normalized spacial score (nSPS) is 26.0. The maximum Gasteiger partial charge on any atom is 0.164 e. The van der Waals surface area contributed by atoms with Crippen molar-refractivity contribution in [3.05, 3.63) is 48.5 Å². The van der Waals surface area contributed by atoms with E-state index in [1.165, 1.54) is 6.33 Å². The number of rotatable bonds is 2. The molecule has 1 aliphatic heterocycles. The van der Waals surface area contributed by atoms with Crippen LogP contribution in [-0.4, -0.2) is 43.1 Å². The van der Waals surface area contributed by atoms with Crippen molar-refractivity contribution in [3.8, 4) is 23.5 Å². The highest BCUT2D eigenvalue weighted by Gasteiger charge is 2.42. The Kier molecular flexibility index (Phi) is 3.77. The summed E-state index contributed by atoms with van der Waals surface area (Å²) in [5.74, 6) is 2.60. The summed E-state index contributed by atoms with van der Waals surface area (Å²) in [5.41, 5.74) is 2.85. The van der Waals surface area contributed by atoms with E-state index in [-0.39, 0.29) is 0 Å². The highest BCUT2D eigenvalue weighted by molar-refractivity contribution is 5.97. The van der Waals surface area contributed by atoms with E-state index in [0.717, 1.165) is 16.5 Å². The maximum absolute atomic E-state index is 10.4. The Morgan fingerprint density at radius 3 is 2.56 bits per heavy atom. The van der Waals surface area contributed by atoms with Crippen molar-refractivity contribution in [2.45, 2.75) is 31.5 Å². The molecule has 6 nitrogen and oxygen atoms in total. The van der Waals surface area contributed by atoms with E-state index < -0.39 is 24.5 Å². The molecular weight excluding hydrogens is 318 g/mol. The van der Waals surface area contributed by atoms with Crippen LogP contribution in [0, 0.1) is 12.3 Å². The average Bonchev–Trinajstić information content (AvgIpc) is 3.15. The zero-order valence-electron chi connectivity index (χ0n) is 13.6. The van der Waals surface area contributed by atoms with Gasteiger partial charge in [-0.1, -0.05) is 30.3 Å². The molecule has 0 unspecified atom stereocenters. The van der Waals surface area contributed by atoms with Crippen LogP contribution in [0.2, 0.25) is 0 Å². The third kappa shape index (κ3) is 2.41. The molecule has 4 atom stereocenters. The zero-order chi connectivity index (χ0) is 17.6. The molecule has 1 fully saturated rings. The Balaban J connectivity index is 1.97. The molecule has 6 heteroatoms. The van der Waals surface area contributed by atoms with Crippen LogP contribution in [0.3, 0.4) is 0 Å². The molecular formula is C19H17N3O3. The average molecular weight is 335 g/mol. The minimum atomic E-state index is -1.06. The van der Waals surface area contributed by atoms with Crippen LogP contribution < -0.4 is 0 Å². The maximum atomic E-state index is 10.4. The molecule has 0 aliphatic carbocycles. The topological polar surface area (TPSA) is 80.4 Å². The fraction of sp³-hybridized carbons (Fsp3) is 0.263. The van der Waals surface area contributed by atoms with Gasteiger partial charge < -0.3 is 19.5 Å². The number of benzene rings is 1. The third-order valence-electron chi connectivity index (χ3n) is 4.58. The number of ether oxygens (including phenoxy) is 1. The fourth-order valence-electron chi connectivity index (χ4n) is 3.28. The predicted octanol–water partition coefficient (Wildman–Crippen LogP) is 1.72. The fourth-order valence-corrected chi connectivity index (χ4v) is 3.28. The van der Waals surface area contributed by atoms with Gasteiger partial charge in [0.05, 0.1) is 11.5 Å². The summed E-state index contributed by atoms with van der Waals surface area (Å²) in [4.78, 5) is 8.54. The first kappa shape index (κ1) is 15.8. The van der Waals surface area contributed by atoms with Crippen molar-refractivity contribution in [2.24, 2.45) is 0 Å². The summed E-state index contributed by atoms with van der Waals surface area (Å²) in [6.45, 7) is 1.72. The smallest absolute Gasteiger partial charge is 0.164 e. The van der Waals surface area contributed by atoms with Crippen molar-refractivity contribution < 1.29 is 14.9 Å². The SMILES string of the molecule is C#Cc1ncnc2c1c(-c1ccccc1)cn2[C@@H]1O[C@H](C)[C@@H](O)[C@H]1O. The lowest BCUT2D eigenvalue weighted by atomic mass is 10.1. The molecule has 0 saturated carbocycles. The number of terminal acetylenes is 1. The van der Waals surface area contributed by atoms with Crippen LogP contribution >= 0.6 is 0 Å². The largest absolute Gasteiger partial charge is 0.388 e. The number of fused-ring (bicyclic) bond motifs is 1. The number of hydrogen-bond acceptors (Lipinski definition) is 5. The molecule has 1 aromatic carbocycles. The van der Waals surface area contributed by atoms with Crippen molar-refractivity contribution in [3.63, 3.8) is 0 Å². The van der Waals surface area contributed by atoms with Gasteiger partial charge in [0, 0.05) is 11.8 Å². The standard InChI is InChI=1S/C19H17N3O3/c1-3-14-15-13(12-7-5-4-6-8-12)9-22(18(15)21-10-20-14)19-17(24)16(23)11(2)25-19/h1,4-11,16-17,19,23-24H,2H3/t11-,16-,17-,19-/m1/s1. The summed E-state index contributed by atoms with van der Waals surface area (Å²) >= 11 is 0. The zero-order valence-corrected chi connectivity index (χ0v) is 13.6. The van der Waals surface area contributed by atoms with E-state index in [2.05, 4.69) is 15.9 Å². The van der Waals surface area contributed by atoms with E-state index in [1.54, 1.807) is 11.5 Å².